The molecule has 6 nitrogen and oxygen atoms in total. The molecule has 0 spiro atoms. The smallest absolute Gasteiger partial charge is 0.431 e. The number of carbonyl (C=O) groups excluding carboxylic acids is 2. The maximum absolute atomic E-state index is 13.2. The van der Waals surface area contributed by atoms with Crippen LogP contribution in [0, 0.1) is 0 Å². The van der Waals surface area contributed by atoms with Crippen LogP contribution in [0.15, 0.2) is 0 Å². The molecule has 1 heterocycles. The monoisotopic (exact) mass is 464 g/mol. The number of carbonyl (C=O) groups is 2. The minimum Gasteiger partial charge on any atom is -0.585 e. The average Bonchev–Trinajstić information content (AvgIpc) is 2.71. The molecular formula is C20H44B2Cl2N4O2. The Kier molecular flexibility index (Phi) is 9.62. The Hall–Kier alpha value is -0.430. The summed E-state index contributed by atoms with van der Waals surface area (Å²) in [5, 5.41) is 0. The van der Waals surface area contributed by atoms with Gasteiger partial charge in [0.1, 0.15) is 0 Å². The summed E-state index contributed by atoms with van der Waals surface area (Å²) in [4.78, 5) is 30.1. The van der Waals surface area contributed by atoms with Gasteiger partial charge in [0.15, 0.2) is 0 Å². The Morgan fingerprint density at radius 2 is 0.833 bits per heavy atom. The van der Waals surface area contributed by atoms with Gasteiger partial charge in [-0.15, -0.1) is 0 Å². The van der Waals surface area contributed by atoms with E-state index in [1.54, 1.807) is 0 Å². The van der Waals surface area contributed by atoms with Gasteiger partial charge in [-0.05, 0) is 55.4 Å². The van der Waals surface area contributed by atoms with E-state index in [0.29, 0.717) is 47.4 Å². The molecule has 0 aromatic rings. The Labute approximate surface area is 194 Å². The van der Waals surface area contributed by atoms with Crippen molar-refractivity contribution in [2.24, 2.45) is 0 Å². The first-order valence-corrected chi connectivity index (χ1v) is 12.9. The zero-order chi connectivity index (χ0) is 23.4. The van der Waals surface area contributed by atoms with Crippen LogP contribution in [0.3, 0.4) is 0 Å². The first-order valence-electron chi connectivity index (χ1n) is 12.0. The van der Waals surface area contributed by atoms with E-state index in [-0.39, 0.29) is 11.8 Å². The minimum absolute atomic E-state index is 0.0911. The van der Waals surface area contributed by atoms with Crippen LogP contribution in [-0.4, -0.2) is 94.2 Å². The fourth-order valence-electron chi connectivity index (χ4n) is 6.81. The second-order valence-electron chi connectivity index (χ2n) is 8.67. The highest BCUT2D eigenvalue weighted by atomic mass is 35.5. The molecule has 2 amide bonds. The maximum Gasteiger partial charge on any atom is 0.431 e. The van der Waals surface area contributed by atoms with Gasteiger partial charge >= 0.3 is 11.7 Å². The lowest BCUT2D eigenvalue weighted by Gasteiger charge is -2.91. The first-order chi connectivity index (χ1) is 14.0. The fraction of sp³-hybridized carbons (Fsp3) is 0.900. The summed E-state index contributed by atoms with van der Waals surface area (Å²) in [6.07, 6.45) is 0.588. The van der Waals surface area contributed by atoms with Gasteiger partial charge < -0.3 is 18.4 Å². The zero-order valence-electron chi connectivity index (χ0n) is 20.6. The number of nitrogens with zero attached hydrogens (tertiary/aromatic N) is 4. The van der Waals surface area contributed by atoms with E-state index in [1.165, 1.54) is 0 Å². The van der Waals surface area contributed by atoms with E-state index >= 15 is 0 Å². The molecule has 0 aromatic heterocycles. The molecular weight excluding hydrogens is 421 g/mol. The summed E-state index contributed by atoms with van der Waals surface area (Å²) in [6, 6.07) is 0. The van der Waals surface area contributed by atoms with E-state index in [1.807, 2.05) is 37.5 Å². The van der Waals surface area contributed by atoms with Crippen molar-refractivity contribution in [1.82, 2.24) is 9.80 Å². The number of amides is 2. The summed E-state index contributed by atoms with van der Waals surface area (Å²) in [6.45, 7) is 22.0. The van der Waals surface area contributed by atoms with E-state index < -0.39 is 11.7 Å². The van der Waals surface area contributed by atoms with E-state index in [9.17, 15) is 9.59 Å². The van der Waals surface area contributed by atoms with E-state index in [0.717, 1.165) is 26.2 Å². The highest BCUT2D eigenvalue weighted by molar-refractivity contribution is 7.30. The quantitative estimate of drug-likeness (QED) is 0.412. The molecule has 1 saturated heterocycles. The molecule has 0 bridgehead atoms. The largest absolute Gasteiger partial charge is 0.585 e. The van der Waals surface area contributed by atoms with Gasteiger partial charge in [0.05, 0.1) is 0 Å². The summed E-state index contributed by atoms with van der Waals surface area (Å²) < 4.78 is 0.954. The minimum atomic E-state index is -1.73. The third-order valence-electron chi connectivity index (χ3n) is 8.61. The maximum atomic E-state index is 13.2. The van der Waals surface area contributed by atoms with Crippen LogP contribution < -0.4 is 0 Å². The SMILES string of the molecule is CCN(CC)C(=O)C[B-]1(Cl)[N+](CC)(CC)[B-](Cl)(CC(=O)N(CC)CC)[N+]1(CC)CC. The van der Waals surface area contributed by atoms with Crippen molar-refractivity contribution in [1.29, 1.82) is 0 Å². The Balaban J connectivity index is 3.56. The fourth-order valence-corrected chi connectivity index (χ4v) is 9.04. The molecule has 0 atom stereocenters. The predicted molar refractivity (Wildman–Crippen MR) is 131 cm³/mol. The summed E-state index contributed by atoms with van der Waals surface area (Å²) in [5.41, 5.74) is 0. The molecule has 176 valence electrons. The lowest BCUT2D eigenvalue weighted by Crippen LogP contribution is -3.06. The number of halogens is 2. The van der Waals surface area contributed by atoms with Crippen LogP contribution in [0.2, 0.25) is 12.6 Å². The normalized spacial score (nSPS) is 26.7. The van der Waals surface area contributed by atoms with Gasteiger partial charge in [0.2, 0.25) is 11.8 Å². The van der Waals surface area contributed by atoms with Crippen LogP contribution in [0.5, 0.6) is 0 Å². The molecule has 0 aromatic carbocycles. The van der Waals surface area contributed by atoms with Gasteiger partial charge in [0.25, 0.3) is 0 Å². The van der Waals surface area contributed by atoms with Gasteiger partial charge in [0, 0.05) is 65.0 Å². The number of quaternary nitrogens is 2. The van der Waals surface area contributed by atoms with Crippen molar-refractivity contribution < 1.29 is 18.2 Å². The van der Waals surface area contributed by atoms with Crippen molar-refractivity contribution >= 4 is 46.4 Å². The topological polar surface area (TPSA) is 40.6 Å². The standard InChI is InChI=1S/C20H44B2Cl2N4O2/c1-9-25(10-2)19(29)17-21(23)27(13-5,14-6)22(24,28(21,15-7)16-8)18-20(30)26(11-3)12-4/h9-18H2,1-8H3. The average molecular weight is 465 g/mol. The molecule has 0 radical (unpaired) electrons. The molecule has 0 unspecified atom stereocenters. The second-order valence-corrected chi connectivity index (χ2v) is 10.1. The summed E-state index contributed by atoms with van der Waals surface area (Å²) >= 11 is 15.2. The summed E-state index contributed by atoms with van der Waals surface area (Å²) in [7, 11) is 0. The van der Waals surface area contributed by atoms with E-state index in [4.69, 9.17) is 22.9 Å². The van der Waals surface area contributed by atoms with Crippen molar-refractivity contribution in [3.63, 3.8) is 0 Å². The zero-order valence-corrected chi connectivity index (χ0v) is 22.1. The predicted octanol–water partition coefficient (Wildman–Crippen LogP) is 3.81. The van der Waals surface area contributed by atoms with Crippen molar-refractivity contribution in [2.45, 2.75) is 68.0 Å². The van der Waals surface area contributed by atoms with Crippen LogP contribution in [0.25, 0.3) is 0 Å². The van der Waals surface area contributed by atoms with Crippen LogP contribution >= 0.6 is 22.9 Å². The highest BCUT2D eigenvalue weighted by Gasteiger charge is 2.79. The molecule has 1 fully saturated rings. The Morgan fingerprint density at radius 1 is 0.600 bits per heavy atom. The molecule has 1 aliphatic heterocycles. The van der Waals surface area contributed by atoms with Gasteiger partial charge in [-0.1, -0.05) is 0 Å². The van der Waals surface area contributed by atoms with Gasteiger partial charge in [-0.2, -0.15) is 0 Å². The van der Waals surface area contributed by atoms with Crippen molar-refractivity contribution in [3.8, 4) is 0 Å². The lowest BCUT2D eigenvalue weighted by atomic mass is 9.30. The molecule has 0 N–H and O–H groups in total. The second kappa shape index (κ2) is 10.5. The van der Waals surface area contributed by atoms with E-state index in [2.05, 4.69) is 27.7 Å². The van der Waals surface area contributed by atoms with Crippen molar-refractivity contribution in [3.05, 3.63) is 0 Å². The molecule has 0 saturated carbocycles. The van der Waals surface area contributed by atoms with Crippen LogP contribution in [0.4, 0.5) is 0 Å². The molecule has 30 heavy (non-hydrogen) atoms. The van der Waals surface area contributed by atoms with Crippen LogP contribution in [0.1, 0.15) is 55.4 Å². The highest BCUT2D eigenvalue weighted by Crippen LogP contribution is 2.60. The number of hydrogen-bond acceptors (Lipinski definition) is 2. The van der Waals surface area contributed by atoms with Crippen molar-refractivity contribution in [2.75, 3.05) is 52.4 Å². The van der Waals surface area contributed by atoms with Crippen LogP contribution in [-0.2, 0) is 9.59 Å². The molecule has 10 heteroatoms. The number of hydrogen-bond donors (Lipinski definition) is 0. The Morgan fingerprint density at radius 3 is 1.00 bits per heavy atom. The summed E-state index contributed by atoms with van der Waals surface area (Å²) in [5.74, 6) is -3.28. The third-order valence-corrected chi connectivity index (χ3v) is 10.5. The number of rotatable bonds is 12. The first kappa shape index (κ1) is 27.6. The third kappa shape index (κ3) is 3.60. The molecule has 1 aliphatic rings. The Bertz CT molecular complexity index is 544. The lowest BCUT2D eigenvalue weighted by molar-refractivity contribution is -0.959. The molecule has 1 rings (SSSR count). The van der Waals surface area contributed by atoms with Gasteiger partial charge in [-0.3, -0.25) is 9.59 Å². The molecule has 0 aliphatic carbocycles. The van der Waals surface area contributed by atoms with Gasteiger partial charge in [-0.25, -0.2) is 22.9 Å².